The first-order valence-electron chi connectivity index (χ1n) is 7.34. The Labute approximate surface area is 133 Å². The molecule has 0 spiro atoms. The van der Waals surface area contributed by atoms with E-state index in [4.69, 9.17) is 5.73 Å². The maximum absolute atomic E-state index is 12.6. The largest absolute Gasteiger partial charge is 0.382 e. The number of hydrogen-bond acceptors (Lipinski definition) is 5. The van der Waals surface area contributed by atoms with Gasteiger partial charge in [-0.05, 0) is 25.0 Å². The van der Waals surface area contributed by atoms with Crippen LogP contribution in [0.5, 0.6) is 0 Å². The van der Waals surface area contributed by atoms with Crippen molar-refractivity contribution in [2.24, 2.45) is 0 Å². The summed E-state index contributed by atoms with van der Waals surface area (Å²) in [4.78, 5) is 34.2. The number of rotatable bonds is 3. The van der Waals surface area contributed by atoms with E-state index in [1.54, 1.807) is 11.8 Å². The average Bonchev–Trinajstić information content (AvgIpc) is 2.98. The molecule has 1 unspecified atom stereocenters. The van der Waals surface area contributed by atoms with Gasteiger partial charge in [0.15, 0.2) is 11.5 Å². The molecule has 2 amide bonds. The predicted molar refractivity (Wildman–Crippen MR) is 85.9 cm³/mol. The number of carbonyl (C=O) groups excluding carboxylic acids is 2. The maximum atomic E-state index is 12.6. The minimum Gasteiger partial charge on any atom is -0.382 e. The lowest BCUT2D eigenvalue weighted by Crippen LogP contribution is -2.46. The molecule has 0 aliphatic carbocycles. The number of fused-ring (bicyclic) bond motifs is 1. The van der Waals surface area contributed by atoms with Crippen molar-refractivity contribution in [3.8, 4) is 0 Å². The second-order valence-electron chi connectivity index (χ2n) is 5.35. The second-order valence-corrected chi connectivity index (χ2v) is 5.35. The van der Waals surface area contributed by atoms with E-state index in [2.05, 4.69) is 15.3 Å². The zero-order chi connectivity index (χ0) is 16.4. The van der Waals surface area contributed by atoms with Crippen LogP contribution in [0.1, 0.15) is 23.0 Å². The normalized spacial score (nSPS) is 14.2. The molecule has 23 heavy (non-hydrogen) atoms. The van der Waals surface area contributed by atoms with Crippen molar-refractivity contribution in [2.75, 3.05) is 17.2 Å². The summed E-state index contributed by atoms with van der Waals surface area (Å²) in [7, 11) is 0. The molecule has 3 N–H and O–H groups in total. The van der Waals surface area contributed by atoms with E-state index in [9.17, 15) is 9.59 Å². The number of aromatic nitrogens is 2. The molecule has 3 rings (SSSR count). The zero-order valence-electron chi connectivity index (χ0n) is 12.7. The standard InChI is InChI=1S/C16H17N5O2/c1-10(20-15(22)13-14(17)19-8-7-18-13)16(23)21-9-6-11-4-2-3-5-12(11)21/h2-5,7-8,10H,6,9H2,1H3,(H2,17,19)(H,20,22). The van der Waals surface area contributed by atoms with Crippen molar-refractivity contribution < 1.29 is 9.59 Å². The highest BCUT2D eigenvalue weighted by Gasteiger charge is 2.29. The Balaban J connectivity index is 1.72. The van der Waals surface area contributed by atoms with Crippen LogP contribution in [0.2, 0.25) is 0 Å². The molecule has 0 radical (unpaired) electrons. The summed E-state index contributed by atoms with van der Waals surface area (Å²) in [6, 6.07) is 7.08. The Hall–Kier alpha value is -2.96. The Morgan fingerprint density at radius 1 is 1.26 bits per heavy atom. The van der Waals surface area contributed by atoms with Gasteiger partial charge in [0.25, 0.3) is 5.91 Å². The Kier molecular flexibility index (Phi) is 3.92. The number of benzene rings is 1. The Bertz CT molecular complexity index is 762. The van der Waals surface area contributed by atoms with Crippen LogP contribution in [0.4, 0.5) is 11.5 Å². The molecule has 118 valence electrons. The van der Waals surface area contributed by atoms with Crippen molar-refractivity contribution in [1.82, 2.24) is 15.3 Å². The molecular formula is C16H17N5O2. The summed E-state index contributed by atoms with van der Waals surface area (Å²) in [5.74, 6) is -0.633. The second kappa shape index (κ2) is 6.04. The van der Waals surface area contributed by atoms with Crippen LogP contribution in [0.3, 0.4) is 0 Å². The number of nitrogens with zero attached hydrogens (tertiary/aromatic N) is 3. The van der Waals surface area contributed by atoms with Gasteiger partial charge in [-0.2, -0.15) is 0 Å². The minimum absolute atomic E-state index is 0.0222. The van der Waals surface area contributed by atoms with Crippen molar-refractivity contribution in [1.29, 1.82) is 0 Å². The molecule has 2 heterocycles. The minimum atomic E-state index is -0.685. The van der Waals surface area contributed by atoms with Crippen molar-refractivity contribution in [3.05, 3.63) is 47.9 Å². The molecule has 1 aliphatic heterocycles. The number of nitrogens with one attached hydrogen (secondary N) is 1. The monoisotopic (exact) mass is 311 g/mol. The molecule has 0 saturated carbocycles. The molecule has 1 aliphatic rings. The van der Waals surface area contributed by atoms with Gasteiger partial charge in [-0.15, -0.1) is 0 Å². The van der Waals surface area contributed by atoms with Gasteiger partial charge >= 0.3 is 0 Å². The number of amides is 2. The van der Waals surface area contributed by atoms with E-state index in [0.29, 0.717) is 6.54 Å². The molecule has 1 aromatic heterocycles. The summed E-state index contributed by atoms with van der Waals surface area (Å²) in [6.07, 6.45) is 3.61. The Morgan fingerprint density at radius 3 is 2.78 bits per heavy atom. The van der Waals surface area contributed by atoms with Gasteiger partial charge in [0.1, 0.15) is 6.04 Å². The van der Waals surface area contributed by atoms with Crippen LogP contribution < -0.4 is 16.0 Å². The first kappa shape index (κ1) is 15.0. The number of nitrogens with two attached hydrogens (primary N) is 1. The SMILES string of the molecule is CC(NC(=O)c1nccnc1N)C(=O)N1CCc2ccccc21. The number of para-hydroxylation sites is 1. The highest BCUT2D eigenvalue weighted by Crippen LogP contribution is 2.27. The van der Waals surface area contributed by atoms with E-state index in [-0.39, 0.29) is 17.4 Å². The summed E-state index contributed by atoms with van der Waals surface area (Å²) >= 11 is 0. The number of carbonyl (C=O) groups is 2. The fourth-order valence-electron chi connectivity index (χ4n) is 2.65. The number of hydrogen-bond donors (Lipinski definition) is 2. The molecule has 1 atom stereocenters. The summed E-state index contributed by atoms with van der Waals surface area (Å²) in [6.45, 7) is 2.26. The first-order chi connectivity index (χ1) is 11.1. The Morgan fingerprint density at radius 2 is 2.00 bits per heavy atom. The van der Waals surface area contributed by atoms with Gasteiger partial charge in [-0.25, -0.2) is 9.97 Å². The van der Waals surface area contributed by atoms with E-state index in [1.807, 2.05) is 24.3 Å². The summed E-state index contributed by atoms with van der Waals surface area (Å²) in [5.41, 5.74) is 7.69. The third-order valence-electron chi connectivity index (χ3n) is 3.81. The van der Waals surface area contributed by atoms with Gasteiger partial charge < -0.3 is 16.0 Å². The van der Waals surface area contributed by atoms with Gasteiger partial charge in [0.2, 0.25) is 5.91 Å². The highest BCUT2D eigenvalue weighted by atomic mass is 16.2. The van der Waals surface area contributed by atoms with Crippen LogP contribution >= 0.6 is 0 Å². The first-order valence-corrected chi connectivity index (χ1v) is 7.34. The van der Waals surface area contributed by atoms with Crippen LogP contribution in [0.15, 0.2) is 36.7 Å². The summed E-state index contributed by atoms with van der Waals surface area (Å²) in [5, 5.41) is 2.63. The van der Waals surface area contributed by atoms with Crippen LogP contribution in [0.25, 0.3) is 0 Å². The van der Waals surface area contributed by atoms with E-state index in [1.165, 1.54) is 12.4 Å². The lowest BCUT2D eigenvalue weighted by Gasteiger charge is -2.22. The average molecular weight is 311 g/mol. The van der Waals surface area contributed by atoms with Gasteiger partial charge in [0.05, 0.1) is 0 Å². The molecule has 0 saturated heterocycles. The van der Waals surface area contributed by atoms with Gasteiger partial charge in [-0.1, -0.05) is 18.2 Å². The quantitative estimate of drug-likeness (QED) is 0.871. The topological polar surface area (TPSA) is 101 Å². The van der Waals surface area contributed by atoms with Crippen LogP contribution in [0, 0.1) is 0 Å². The molecule has 0 fully saturated rings. The molecular weight excluding hydrogens is 294 g/mol. The van der Waals surface area contributed by atoms with Crippen molar-refractivity contribution in [3.63, 3.8) is 0 Å². The van der Waals surface area contributed by atoms with Crippen LogP contribution in [-0.2, 0) is 11.2 Å². The summed E-state index contributed by atoms with van der Waals surface area (Å²) < 4.78 is 0. The molecule has 7 nitrogen and oxygen atoms in total. The van der Waals surface area contributed by atoms with E-state index >= 15 is 0 Å². The van der Waals surface area contributed by atoms with Gasteiger partial charge in [-0.3, -0.25) is 9.59 Å². The third kappa shape index (κ3) is 2.85. The van der Waals surface area contributed by atoms with E-state index < -0.39 is 11.9 Å². The smallest absolute Gasteiger partial charge is 0.274 e. The fourth-order valence-corrected chi connectivity index (χ4v) is 2.65. The molecule has 7 heteroatoms. The lowest BCUT2D eigenvalue weighted by molar-refractivity contribution is -0.119. The van der Waals surface area contributed by atoms with E-state index in [0.717, 1.165) is 17.7 Å². The number of nitrogen functional groups attached to an aromatic ring is 1. The van der Waals surface area contributed by atoms with Crippen molar-refractivity contribution in [2.45, 2.75) is 19.4 Å². The molecule has 0 bridgehead atoms. The molecule has 2 aromatic rings. The molecule has 1 aromatic carbocycles. The van der Waals surface area contributed by atoms with Crippen molar-refractivity contribution >= 4 is 23.3 Å². The maximum Gasteiger partial charge on any atom is 0.274 e. The predicted octanol–water partition coefficient (Wildman–Crippen LogP) is 0.766. The van der Waals surface area contributed by atoms with Gasteiger partial charge in [0, 0.05) is 24.6 Å². The fraction of sp³-hybridized carbons (Fsp3) is 0.250. The van der Waals surface area contributed by atoms with Crippen LogP contribution in [-0.4, -0.2) is 34.4 Å². The lowest BCUT2D eigenvalue weighted by atomic mass is 10.2. The number of anilines is 2. The highest BCUT2D eigenvalue weighted by molar-refractivity contribution is 6.03. The third-order valence-corrected chi connectivity index (χ3v) is 3.81. The zero-order valence-corrected chi connectivity index (χ0v) is 12.7.